The lowest BCUT2D eigenvalue weighted by molar-refractivity contribution is 0.00999. The molecule has 2 unspecified atom stereocenters. The minimum absolute atomic E-state index is 0.0841. The Labute approximate surface area is 160 Å². The van der Waals surface area contributed by atoms with E-state index in [1.165, 1.54) is 0 Å². The number of aliphatic hydroxyl groups excluding tert-OH is 1. The van der Waals surface area contributed by atoms with Crippen molar-refractivity contribution in [3.63, 3.8) is 0 Å². The fourth-order valence-electron chi connectivity index (χ4n) is 3.17. The fourth-order valence-corrected chi connectivity index (χ4v) is 3.17. The van der Waals surface area contributed by atoms with Crippen molar-refractivity contribution in [2.45, 2.75) is 51.9 Å². The molecule has 2 amide bonds. The van der Waals surface area contributed by atoms with Gasteiger partial charge >= 0.3 is 12.2 Å². The van der Waals surface area contributed by atoms with Crippen molar-refractivity contribution in [2.24, 2.45) is 5.92 Å². The summed E-state index contributed by atoms with van der Waals surface area (Å²) in [5.74, 6) is -0.178. The number of hydrogen-bond donors (Lipinski definition) is 2. The number of carbonyl (C=O) groups is 2. The molecule has 150 valence electrons. The maximum Gasteiger partial charge on any atom is 0.410 e. The third-order valence-electron chi connectivity index (χ3n) is 4.64. The second-order valence-electron chi connectivity index (χ2n) is 8.17. The van der Waals surface area contributed by atoms with Gasteiger partial charge in [0.2, 0.25) is 0 Å². The van der Waals surface area contributed by atoms with Crippen LogP contribution in [0.3, 0.4) is 0 Å². The number of piperidine rings is 1. The van der Waals surface area contributed by atoms with Gasteiger partial charge in [-0.2, -0.15) is 0 Å². The normalized spacial score (nSPS) is 22.9. The van der Waals surface area contributed by atoms with Crippen molar-refractivity contribution >= 4 is 12.2 Å². The molecule has 7 heteroatoms. The molecule has 2 atom stereocenters. The summed E-state index contributed by atoms with van der Waals surface area (Å²) >= 11 is 0. The summed E-state index contributed by atoms with van der Waals surface area (Å²) < 4.78 is 10.7. The number of nitrogens with one attached hydrogen (secondary N) is 1. The van der Waals surface area contributed by atoms with Crippen molar-refractivity contribution in [1.29, 1.82) is 0 Å². The van der Waals surface area contributed by atoms with E-state index in [1.807, 2.05) is 37.3 Å². The highest BCUT2D eigenvalue weighted by Crippen LogP contribution is 2.28. The Morgan fingerprint density at radius 1 is 1.30 bits per heavy atom. The molecule has 2 rings (SSSR count). The van der Waals surface area contributed by atoms with Gasteiger partial charge in [-0.25, -0.2) is 9.59 Å². The lowest BCUT2D eigenvalue weighted by Gasteiger charge is -2.45. The van der Waals surface area contributed by atoms with Gasteiger partial charge in [-0.3, -0.25) is 0 Å². The van der Waals surface area contributed by atoms with Crippen LogP contribution in [0.5, 0.6) is 0 Å². The number of ether oxygens (including phenoxy) is 2. The molecule has 7 nitrogen and oxygen atoms in total. The van der Waals surface area contributed by atoms with Gasteiger partial charge < -0.3 is 24.8 Å². The first-order chi connectivity index (χ1) is 12.6. The Balaban J connectivity index is 1.99. The van der Waals surface area contributed by atoms with E-state index in [2.05, 4.69) is 5.32 Å². The molecular weight excluding hydrogens is 348 g/mol. The minimum atomic E-state index is -0.804. The molecule has 0 spiro atoms. The topological polar surface area (TPSA) is 88.1 Å². The number of likely N-dealkylation sites (tertiary alicyclic amines) is 1. The summed E-state index contributed by atoms with van der Waals surface area (Å²) in [6.45, 7) is 7.98. The summed E-state index contributed by atoms with van der Waals surface area (Å²) in [4.78, 5) is 26.3. The number of benzene rings is 1. The van der Waals surface area contributed by atoms with Crippen LogP contribution in [0.2, 0.25) is 0 Å². The van der Waals surface area contributed by atoms with Crippen LogP contribution in [0.15, 0.2) is 30.3 Å². The Morgan fingerprint density at radius 3 is 2.56 bits per heavy atom. The molecular formula is C20H30N2O5. The molecule has 0 radical (unpaired) electrons. The summed E-state index contributed by atoms with van der Waals surface area (Å²) in [6, 6.07) is 9.45. The monoisotopic (exact) mass is 378 g/mol. The highest BCUT2D eigenvalue weighted by molar-refractivity contribution is 5.70. The van der Waals surface area contributed by atoms with Crippen LogP contribution in [-0.2, 0) is 16.1 Å². The van der Waals surface area contributed by atoms with Crippen LogP contribution in [0.4, 0.5) is 9.59 Å². The maximum absolute atomic E-state index is 12.5. The molecule has 1 aromatic carbocycles. The molecule has 1 aliphatic heterocycles. The van der Waals surface area contributed by atoms with Crippen molar-refractivity contribution in [2.75, 3.05) is 19.7 Å². The van der Waals surface area contributed by atoms with E-state index in [0.717, 1.165) is 5.56 Å². The van der Waals surface area contributed by atoms with Gasteiger partial charge in [0.05, 0.1) is 5.54 Å². The predicted octanol–water partition coefficient (Wildman–Crippen LogP) is 2.92. The molecule has 1 aromatic rings. The van der Waals surface area contributed by atoms with Crippen molar-refractivity contribution in [1.82, 2.24) is 10.2 Å². The molecule has 1 saturated heterocycles. The Bertz CT molecular complexity index is 644. The van der Waals surface area contributed by atoms with Crippen molar-refractivity contribution in [3.05, 3.63) is 35.9 Å². The number of rotatable bonds is 4. The number of carbonyl (C=O) groups excluding carboxylic acids is 2. The SMILES string of the molecule is CC(C)(C)OC(=O)NC1(C)CN(C(=O)OCc2ccccc2)CCC1CO. The van der Waals surface area contributed by atoms with E-state index in [1.54, 1.807) is 25.7 Å². The zero-order valence-corrected chi connectivity index (χ0v) is 16.5. The highest BCUT2D eigenvalue weighted by Gasteiger charge is 2.43. The van der Waals surface area contributed by atoms with Gasteiger partial charge in [0.1, 0.15) is 12.2 Å². The lowest BCUT2D eigenvalue weighted by Crippen LogP contribution is -2.63. The fraction of sp³-hybridized carbons (Fsp3) is 0.600. The highest BCUT2D eigenvalue weighted by atomic mass is 16.6. The Morgan fingerprint density at radius 2 is 1.96 bits per heavy atom. The second kappa shape index (κ2) is 8.61. The van der Waals surface area contributed by atoms with E-state index in [-0.39, 0.29) is 25.7 Å². The van der Waals surface area contributed by atoms with Crippen LogP contribution < -0.4 is 5.32 Å². The van der Waals surface area contributed by atoms with Gasteiger partial charge in [-0.05, 0) is 39.7 Å². The van der Waals surface area contributed by atoms with Gasteiger partial charge in [0, 0.05) is 25.6 Å². The largest absolute Gasteiger partial charge is 0.445 e. The van der Waals surface area contributed by atoms with Crippen LogP contribution >= 0.6 is 0 Å². The first-order valence-corrected chi connectivity index (χ1v) is 9.20. The van der Waals surface area contributed by atoms with Gasteiger partial charge in [0.25, 0.3) is 0 Å². The third-order valence-corrected chi connectivity index (χ3v) is 4.64. The zero-order chi connectivity index (χ0) is 20.1. The standard InChI is InChI=1S/C20H30N2O5/c1-19(2,3)27-17(24)21-20(4)14-22(11-10-16(20)12-23)18(25)26-13-15-8-6-5-7-9-15/h5-9,16,23H,10-14H2,1-4H3,(H,21,24). The van der Waals surface area contributed by atoms with E-state index in [0.29, 0.717) is 13.0 Å². The van der Waals surface area contributed by atoms with Crippen LogP contribution in [-0.4, -0.2) is 53.0 Å². The molecule has 1 heterocycles. The van der Waals surface area contributed by atoms with E-state index >= 15 is 0 Å². The van der Waals surface area contributed by atoms with Crippen molar-refractivity contribution < 1.29 is 24.2 Å². The molecule has 1 aliphatic rings. The average molecular weight is 378 g/mol. The minimum Gasteiger partial charge on any atom is -0.445 e. The Hall–Kier alpha value is -2.28. The summed E-state index contributed by atoms with van der Waals surface area (Å²) in [5, 5.41) is 12.6. The number of amides is 2. The molecule has 2 N–H and O–H groups in total. The number of nitrogens with zero attached hydrogens (tertiary/aromatic N) is 1. The molecule has 0 aromatic heterocycles. The number of aliphatic hydroxyl groups is 1. The summed E-state index contributed by atoms with van der Waals surface area (Å²) in [5.41, 5.74) is -0.523. The lowest BCUT2D eigenvalue weighted by atomic mass is 9.80. The smallest absolute Gasteiger partial charge is 0.410 e. The third kappa shape index (κ3) is 6.13. The second-order valence-corrected chi connectivity index (χ2v) is 8.17. The quantitative estimate of drug-likeness (QED) is 0.841. The van der Waals surface area contributed by atoms with Gasteiger partial charge in [0.15, 0.2) is 0 Å². The predicted molar refractivity (Wildman–Crippen MR) is 101 cm³/mol. The molecule has 1 fully saturated rings. The molecule has 0 bridgehead atoms. The molecule has 27 heavy (non-hydrogen) atoms. The zero-order valence-electron chi connectivity index (χ0n) is 16.5. The van der Waals surface area contributed by atoms with Crippen molar-refractivity contribution in [3.8, 4) is 0 Å². The van der Waals surface area contributed by atoms with Crippen LogP contribution in [0.25, 0.3) is 0 Å². The maximum atomic E-state index is 12.5. The molecule has 0 aliphatic carbocycles. The summed E-state index contributed by atoms with van der Waals surface area (Å²) in [6.07, 6.45) is -0.445. The van der Waals surface area contributed by atoms with E-state index < -0.39 is 23.3 Å². The van der Waals surface area contributed by atoms with E-state index in [4.69, 9.17) is 9.47 Å². The molecule has 0 saturated carbocycles. The van der Waals surface area contributed by atoms with Crippen LogP contribution in [0.1, 0.15) is 39.7 Å². The van der Waals surface area contributed by atoms with Gasteiger partial charge in [-0.15, -0.1) is 0 Å². The first kappa shape index (κ1) is 21.0. The van der Waals surface area contributed by atoms with E-state index in [9.17, 15) is 14.7 Å². The number of alkyl carbamates (subject to hydrolysis) is 1. The first-order valence-electron chi connectivity index (χ1n) is 9.20. The Kier molecular flexibility index (Phi) is 6.70. The number of hydrogen-bond acceptors (Lipinski definition) is 5. The van der Waals surface area contributed by atoms with Crippen LogP contribution in [0, 0.1) is 5.92 Å². The van der Waals surface area contributed by atoms with Gasteiger partial charge in [-0.1, -0.05) is 30.3 Å². The summed E-state index contributed by atoms with van der Waals surface area (Å²) in [7, 11) is 0. The average Bonchev–Trinajstić information content (AvgIpc) is 2.58.